The van der Waals surface area contributed by atoms with Crippen molar-refractivity contribution in [2.24, 2.45) is 17.3 Å². The highest BCUT2D eigenvalue weighted by Crippen LogP contribution is 2.81. The van der Waals surface area contributed by atoms with Crippen LogP contribution < -0.4 is 0 Å². The maximum absolute atomic E-state index is 10.9. The molecule has 1 aromatic rings. The first kappa shape index (κ1) is 14.4. The van der Waals surface area contributed by atoms with Crippen LogP contribution in [0, 0.1) is 17.3 Å². The average molecular weight is 302 g/mol. The van der Waals surface area contributed by atoms with Crippen LogP contribution in [-0.2, 0) is 5.41 Å². The molecule has 0 saturated heterocycles. The molecule has 3 N–H and O–H groups in total. The lowest BCUT2D eigenvalue weighted by Crippen LogP contribution is -2.28. The molecule has 2 fully saturated rings. The summed E-state index contributed by atoms with van der Waals surface area (Å²) in [5, 5.41) is 32.0. The van der Waals surface area contributed by atoms with E-state index in [1.807, 2.05) is 19.9 Å². The molecule has 1 spiro atoms. The number of benzene rings is 1. The van der Waals surface area contributed by atoms with Crippen molar-refractivity contribution in [3.05, 3.63) is 22.8 Å². The van der Waals surface area contributed by atoms with E-state index in [9.17, 15) is 15.3 Å². The zero-order chi connectivity index (χ0) is 16.0. The third kappa shape index (κ3) is 1.41. The number of hydrogen-bond acceptors (Lipinski definition) is 3. The van der Waals surface area contributed by atoms with Crippen molar-refractivity contribution in [1.82, 2.24) is 0 Å². The number of phenolic OH excluding ortho intramolecular Hbond substituents is 2. The molecule has 120 valence electrons. The van der Waals surface area contributed by atoms with Crippen molar-refractivity contribution < 1.29 is 15.3 Å². The van der Waals surface area contributed by atoms with E-state index in [0.29, 0.717) is 5.92 Å². The molecule has 0 radical (unpaired) electrons. The molecule has 0 aliphatic heterocycles. The molecule has 3 heteroatoms. The van der Waals surface area contributed by atoms with Gasteiger partial charge in [0, 0.05) is 22.5 Å². The topological polar surface area (TPSA) is 60.7 Å². The molecule has 4 atom stereocenters. The first-order valence-electron chi connectivity index (χ1n) is 8.50. The number of phenols is 2. The minimum Gasteiger partial charge on any atom is -0.504 e. The van der Waals surface area contributed by atoms with Crippen LogP contribution >= 0.6 is 0 Å². The molecule has 3 aliphatic carbocycles. The molecule has 0 amide bonds. The SMILES string of the molecule is CC(C)c1cc2c(c(O)c1O)[C@@]13CCCC(C)(C)C1C3[C@H]2O. The van der Waals surface area contributed by atoms with E-state index in [0.717, 1.165) is 29.5 Å². The summed E-state index contributed by atoms with van der Waals surface area (Å²) in [4.78, 5) is 0. The molecule has 2 saturated carbocycles. The lowest BCUT2D eigenvalue weighted by Gasteiger charge is -2.36. The normalized spacial score (nSPS) is 37.6. The van der Waals surface area contributed by atoms with Gasteiger partial charge < -0.3 is 15.3 Å². The van der Waals surface area contributed by atoms with Crippen LogP contribution in [0.1, 0.15) is 75.7 Å². The third-order valence-electron chi connectivity index (χ3n) is 6.73. The summed E-state index contributed by atoms with van der Waals surface area (Å²) in [6.07, 6.45) is 2.82. The highest BCUT2D eigenvalue weighted by Gasteiger charge is 2.77. The van der Waals surface area contributed by atoms with Gasteiger partial charge in [0.1, 0.15) is 0 Å². The van der Waals surface area contributed by atoms with Gasteiger partial charge in [-0.25, -0.2) is 0 Å². The van der Waals surface area contributed by atoms with Gasteiger partial charge in [0.15, 0.2) is 11.5 Å². The van der Waals surface area contributed by atoms with Crippen molar-refractivity contribution in [2.45, 2.75) is 64.4 Å². The van der Waals surface area contributed by atoms with Crippen molar-refractivity contribution >= 4 is 0 Å². The summed E-state index contributed by atoms with van der Waals surface area (Å²) >= 11 is 0. The Bertz CT molecular complexity index is 661. The Morgan fingerprint density at radius 2 is 1.82 bits per heavy atom. The van der Waals surface area contributed by atoms with Crippen LogP contribution in [0.5, 0.6) is 11.5 Å². The Morgan fingerprint density at radius 3 is 2.45 bits per heavy atom. The van der Waals surface area contributed by atoms with Crippen LogP contribution in [0.3, 0.4) is 0 Å². The Labute approximate surface area is 132 Å². The highest BCUT2D eigenvalue weighted by atomic mass is 16.3. The fourth-order valence-corrected chi connectivity index (χ4v) is 5.93. The second-order valence-electron chi connectivity index (χ2n) is 8.61. The maximum atomic E-state index is 10.9. The number of fused-ring (bicyclic) bond motifs is 2. The summed E-state index contributed by atoms with van der Waals surface area (Å²) in [7, 11) is 0. The molecular weight excluding hydrogens is 276 g/mol. The molecule has 0 aromatic heterocycles. The fraction of sp³-hybridized carbons (Fsp3) is 0.684. The second kappa shape index (κ2) is 4.00. The lowest BCUT2D eigenvalue weighted by atomic mass is 9.69. The first-order valence-corrected chi connectivity index (χ1v) is 8.50. The summed E-state index contributed by atoms with van der Waals surface area (Å²) in [5.41, 5.74) is 2.54. The quantitative estimate of drug-likeness (QED) is 0.688. The van der Waals surface area contributed by atoms with Gasteiger partial charge in [-0.05, 0) is 41.7 Å². The predicted octanol–water partition coefficient (Wildman–Crippen LogP) is 3.96. The Balaban J connectivity index is 1.93. The predicted molar refractivity (Wildman–Crippen MR) is 85.1 cm³/mol. The molecule has 2 unspecified atom stereocenters. The van der Waals surface area contributed by atoms with Gasteiger partial charge >= 0.3 is 0 Å². The van der Waals surface area contributed by atoms with E-state index in [-0.39, 0.29) is 34.2 Å². The van der Waals surface area contributed by atoms with Gasteiger partial charge in [-0.2, -0.15) is 0 Å². The molecule has 4 rings (SSSR count). The minimum atomic E-state index is -0.499. The van der Waals surface area contributed by atoms with Crippen LogP contribution in [0.15, 0.2) is 6.07 Å². The number of hydrogen-bond donors (Lipinski definition) is 3. The van der Waals surface area contributed by atoms with E-state index in [1.165, 1.54) is 6.42 Å². The van der Waals surface area contributed by atoms with Gasteiger partial charge in [0.25, 0.3) is 0 Å². The van der Waals surface area contributed by atoms with Gasteiger partial charge in [-0.15, -0.1) is 0 Å². The van der Waals surface area contributed by atoms with Crippen LogP contribution in [0.25, 0.3) is 0 Å². The van der Waals surface area contributed by atoms with E-state index in [4.69, 9.17) is 0 Å². The van der Waals surface area contributed by atoms with Gasteiger partial charge in [-0.3, -0.25) is 0 Å². The molecule has 1 aromatic carbocycles. The van der Waals surface area contributed by atoms with Crippen LogP contribution in [-0.4, -0.2) is 15.3 Å². The molecular formula is C19H26O3. The summed E-state index contributed by atoms with van der Waals surface area (Å²) in [6, 6.07) is 1.93. The zero-order valence-corrected chi connectivity index (χ0v) is 13.8. The molecule has 3 aliphatic rings. The first-order chi connectivity index (χ1) is 10.2. The van der Waals surface area contributed by atoms with E-state index in [2.05, 4.69) is 13.8 Å². The van der Waals surface area contributed by atoms with Gasteiger partial charge in [0.05, 0.1) is 6.10 Å². The number of aliphatic hydroxyl groups excluding tert-OH is 1. The van der Waals surface area contributed by atoms with Gasteiger partial charge in [-0.1, -0.05) is 34.1 Å². The average Bonchev–Trinajstić information content (AvgIpc) is 3.05. The molecule has 22 heavy (non-hydrogen) atoms. The monoisotopic (exact) mass is 302 g/mol. The number of rotatable bonds is 1. The Kier molecular flexibility index (Phi) is 2.61. The van der Waals surface area contributed by atoms with Crippen molar-refractivity contribution in [1.29, 1.82) is 0 Å². The van der Waals surface area contributed by atoms with E-state index >= 15 is 0 Å². The molecule has 3 nitrogen and oxygen atoms in total. The fourth-order valence-electron chi connectivity index (χ4n) is 5.93. The second-order valence-corrected chi connectivity index (χ2v) is 8.61. The van der Waals surface area contributed by atoms with Crippen LogP contribution in [0.4, 0.5) is 0 Å². The van der Waals surface area contributed by atoms with Crippen LogP contribution in [0.2, 0.25) is 0 Å². The molecule has 0 bridgehead atoms. The maximum Gasteiger partial charge on any atom is 0.161 e. The Morgan fingerprint density at radius 1 is 1.14 bits per heavy atom. The van der Waals surface area contributed by atoms with Crippen molar-refractivity contribution in [2.75, 3.05) is 0 Å². The Hall–Kier alpha value is -1.22. The number of aliphatic hydroxyl groups is 1. The van der Waals surface area contributed by atoms with Crippen molar-refractivity contribution in [3.8, 4) is 11.5 Å². The number of aromatic hydroxyl groups is 2. The van der Waals surface area contributed by atoms with Crippen molar-refractivity contribution in [3.63, 3.8) is 0 Å². The van der Waals surface area contributed by atoms with E-state index < -0.39 is 6.10 Å². The highest BCUT2D eigenvalue weighted by molar-refractivity contribution is 5.65. The van der Waals surface area contributed by atoms with Gasteiger partial charge in [0.2, 0.25) is 0 Å². The standard InChI is InChI=1S/C19H26O3/c1-9(2)10-8-11-12(16(22)15(10)21)19-7-5-6-18(3,4)17(19)13(19)14(11)20/h8-9,13-14,17,20-22H,5-7H2,1-4H3/t13?,14-,17?,19+/m0/s1. The summed E-state index contributed by atoms with van der Waals surface area (Å²) in [5.74, 6) is 0.809. The zero-order valence-electron chi connectivity index (χ0n) is 13.8. The summed E-state index contributed by atoms with van der Waals surface area (Å²) in [6.45, 7) is 8.55. The smallest absolute Gasteiger partial charge is 0.161 e. The third-order valence-corrected chi connectivity index (χ3v) is 6.73. The largest absolute Gasteiger partial charge is 0.504 e. The lowest BCUT2D eigenvalue weighted by molar-refractivity contribution is 0.129. The summed E-state index contributed by atoms with van der Waals surface area (Å²) < 4.78 is 0. The molecule has 0 heterocycles. The minimum absolute atomic E-state index is 0.0185. The van der Waals surface area contributed by atoms with E-state index in [1.54, 1.807) is 0 Å².